The summed E-state index contributed by atoms with van der Waals surface area (Å²) >= 11 is 0. The van der Waals surface area contributed by atoms with Gasteiger partial charge in [0.1, 0.15) is 17.6 Å². The third-order valence-corrected chi connectivity index (χ3v) is 7.46. The smallest absolute Gasteiger partial charge is 0.418 e. The quantitative estimate of drug-likeness (QED) is 0.557. The van der Waals surface area contributed by atoms with Gasteiger partial charge in [-0.1, -0.05) is 6.07 Å². The fraction of sp³-hybridized carbons (Fsp3) is 0.600. The molecule has 2 aliphatic heterocycles. The normalized spacial score (nSPS) is 26.1. The molecule has 3 fully saturated rings. The highest BCUT2D eigenvalue weighted by Gasteiger charge is 2.43. The van der Waals surface area contributed by atoms with Crippen molar-refractivity contribution in [2.24, 2.45) is 17.8 Å². The van der Waals surface area contributed by atoms with Gasteiger partial charge in [-0.25, -0.2) is 4.39 Å². The fourth-order valence-electron chi connectivity index (χ4n) is 5.75. The number of aromatic nitrogens is 2. The average Bonchev–Trinajstić information content (AvgIpc) is 3.33. The first-order valence-electron chi connectivity index (χ1n) is 11.9. The minimum Gasteiger partial charge on any atom is -0.473 e. The van der Waals surface area contributed by atoms with Gasteiger partial charge < -0.3 is 14.4 Å². The summed E-state index contributed by atoms with van der Waals surface area (Å²) in [5.41, 5.74) is -0.786. The molecule has 2 aromatic rings. The Kier molecular flexibility index (Phi) is 6.50. The minimum absolute atomic E-state index is 0.0754. The molecule has 5 nitrogen and oxygen atoms in total. The van der Waals surface area contributed by atoms with Crippen molar-refractivity contribution >= 4 is 0 Å². The molecule has 2 saturated heterocycles. The Morgan fingerprint density at radius 3 is 2.44 bits per heavy atom. The van der Waals surface area contributed by atoms with Crippen LogP contribution in [0.1, 0.15) is 36.8 Å². The van der Waals surface area contributed by atoms with E-state index in [0.717, 1.165) is 70.7 Å². The molecule has 1 unspecified atom stereocenters. The van der Waals surface area contributed by atoms with Crippen LogP contribution in [0.2, 0.25) is 0 Å². The van der Waals surface area contributed by atoms with Gasteiger partial charge in [-0.3, -0.25) is 0 Å². The number of halogens is 4. The van der Waals surface area contributed by atoms with E-state index in [0.29, 0.717) is 23.3 Å². The molecular formula is C25H29F4N3O2. The molecule has 0 radical (unpaired) electrons. The molecule has 0 spiro atoms. The van der Waals surface area contributed by atoms with Crippen molar-refractivity contribution in [3.05, 3.63) is 41.2 Å². The van der Waals surface area contributed by atoms with Crippen molar-refractivity contribution in [3.8, 4) is 17.1 Å². The number of benzene rings is 1. The molecule has 0 amide bonds. The molecule has 3 aliphatic rings. The van der Waals surface area contributed by atoms with E-state index in [9.17, 15) is 17.6 Å². The summed E-state index contributed by atoms with van der Waals surface area (Å²) in [6.07, 6.45) is -0.992. The highest BCUT2D eigenvalue weighted by atomic mass is 19.4. The highest BCUT2D eigenvalue weighted by Crippen LogP contribution is 2.42. The monoisotopic (exact) mass is 479 g/mol. The predicted molar refractivity (Wildman–Crippen MR) is 118 cm³/mol. The summed E-state index contributed by atoms with van der Waals surface area (Å²) in [6.45, 7) is 6.44. The predicted octanol–water partition coefficient (Wildman–Crippen LogP) is 5.13. The summed E-state index contributed by atoms with van der Waals surface area (Å²) in [6, 6.07) is 4.59. The first kappa shape index (κ1) is 23.5. The summed E-state index contributed by atoms with van der Waals surface area (Å²) in [7, 11) is 0. The Morgan fingerprint density at radius 2 is 1.76 bits per heavy atom. The first-order valence-corrected chi connectivity index (χ1v) is 11.9. The maximum atomic E-state index is 13.9. The van der Waals surface area contributed by atoms with E-state index >= 15 is 0 Å². The molecule has 3 heterocycles. The molecule has 3 atom stereocenters. The van der Waals surface area contributed by atoms with Crippen molar-refractivity contribution in [1.29, 1.82) is 0 Å². The van der Waals surface area contributed by atoms with Crippen LogP contribution in [0, 0.1) is 30.5 Å². The van der Waals surface area contributed by atoms with Crippen LogP contribution in [0.15, 0.2) is 24.3 Å². The zero-order valence-corrected chi connectivity index (χ0v) is 19.2. The zero-order chi connectivity index (χ0) is 23.9. The number of alkyl halides is 3. The molecule has 1 aliphatic carbocycles. The van der Waals surface area contributed by atoms with Crippen molar-refractivity contribution in [1.82, 2.24) is 15.1 Å². The van der Waals surface area contributed by atoms with Gasteiger partial charge in [-0.2, -0.15) is 13.2 Å². The largest absolute Gasteiger partial charge is 0.473 e. The number of likely N-dealkylation sites (tertiary alicyclic amines) is 1. The van der Waals surface area contributed by atoms with E-state index in [2.05, 4.69) is 15.1 Å². The molecule has 0 bridgehead atoms. The summed E-state index contributed by atoms with van der Waals surface area (Å²) < 4.78 is 66.6. The SMILES string of the molecule is Cc1ccc(F)cc1-c1nnc(OC2C[C@@H]3CN(CC4CCOCC4)C[C@@H]3C2)cc1C(F)(F)F. The van der Waals surface area contributed by atoms with Crippen LogP contribution >= 0.6 is 0 Å². The number of hydrogen-bond acceptors (Lipinski definition) is 5. The van der Waals surface area contributed by atoms with E-state index in [1.54, 1.807) is 6.92 Å². The molecule has 5 rings (SSSR count). The Hall–Kier alpha value is -2.26. The molecule has 184 valence electrons. The minimum atomic E-state index is -4.67. The van der Waals surface area contributed by atoms with E-state index in [1.165, 1.54) is 12.1 Å². The van der Waals surface area contributed by atoms with Crippen LogP contribution in [-0.2, 0) is 10.9 Å². The molecule has 34 heavy (non-hydrogen) atoms. The third-order valence-electron chi connectivity index (χ3n) is 7.46. The number of nitrogens with zero attached hydrogens (tertiary/aromatic N) is 3. The lowest BCUT2D eigenvalue weighted by atomic mass is 10.00. The van der Waals surface area contributed by atoms with Gasteiger partial charge in [0, 0.05) is 44.5 Å². The molecule has 1 saturated carbocycles. The third kappa shape index (κ3) is 5.05. The van der Waals surface area contributed by atoms with Crippen LogP contribution in [-0.4, -0.2) is 54.0 Å². The molecular weight excluding hydrogens is 450 g/mol. The van der Waals surface area contributed by atoms with Gasteiger partial charge in [-0.15, -0.1) is 10.2 Å². The first-order chi connectivity index (χ1) is 16.3. The van der Waals surface area contributed by atoms with E-state index in [4.69, 9.17) is 9.47 Å². The summed E-state index contributed by atoms with van der Waals surface area (Å²) in [4.78, 5) is 2.53. The highest BCUT2D eigenvalue weighted by molar-refractivity contribution is 5.67. The lowest BCUT2D eigenvalue weighted by Gasteiger charge is -2.27. The lowest BCUT2D eigenvalue weighted by Crippen LogP contribution is -2.32. The van der Waals surface area contributed by atoms with Crippen LogP contribution in [0.25, 0.3) is 11.3 Å². The number of ether oxygens (including phenoxy) is 2. The average molecular weight is 480 g/mol. The second-order valence-corrected chi connectivity index (χ2v) is 9.91. The Balaban J connectivity index is 1.26. The second kappa shape index (κ2) is 9.41. The molecule has 9 heteroatoms. The molecule has 1 aromatic heterocycles. The van der Waals surface area contributed by atoms with Crippen LogP contribution in [0.5, 0.6) is 5.88 Å². The van der Waals surface area contributed by atoms with Crippen molar-refractivity contribution in [2.75, 3.05) is 32.8 Å². The number of aryl methyl sites for hydroxylation is 1. The van der Waals surface area contributed by atoms with Crippen LogP contribution < -0.4 is 4.74 Å². The number of rotatable bonds is 5. The van der Waals surface area contributed by atoms with E-state index in [1.807, 2.05) is 0 Å². The van der Waals surface area contributed by atoms with Crippen molar-refractivity contribution < 1.29 is 27.0 Å². The van der Waals surface area contributed by atoms with E-state index in [-0.39, 0.29) is 23.2 Å². The Labute approximate surface area is 196 Å². The second-order valence-electron chi connectivity index (χ2n) is 9.91. The lowest BCUT2D eigenvalue weighted by molar-refractivity contribution is -0.137. The van der Waals surface area contributed by atoms with Crippen molar-refractivity contribution in [3.63, 3.8) is 0 Å². The fourth-order valence-corrected chi connectivity index (χ4v) is 5.75. The Morgan fingerprint density at radius 1 is 1.06 bits per heavy atom. The molecule has 0 N–H and O–H groups in total. The van der Waals surface area contributed by atoms with Gasteiger partial charge in [0.2, 0.25) is 5.88 Å². The zero-order valence-electron chi connectivity index (χ0n) is 19.2. The van der Waals surface area contributed by atoms with Gasteiger partial charge in [0.15, 0.2) is 0 Å². The van der Waals surface area contributed by atoms with E-state index < -0.39 is 17.6 Å². The topological polar surface area (TPSA) is 47.5 Å². The Bertz CT molecular complexity index is 1010. The van der Waals surface area contributed by atoms with Gasteiger partial charge in [-0.05, 0) is 68.1 Å². The maximum absolute atomic E-state index is 13.9. The molecule has 1 aromatic carbocycles. The summed E-state index contributed by atoms with van der Waals surface area (Å²) in [5.74, 6) is 0.924. The van der Waals surface area contributed by atoms with Gasteiger partial charge >= 0.3 is 6.18 Å². The van der Waals surface area contributed by atoms with Gasteiger partial charge in [0.05, 0.1) is 5.56 Å². The van der Waals surface area contributed by atoms with Gasteiger partial charge in [0.25, 0.3) is 0 Å². The number of hydrogen-bond donors (Lipinski definition) is 0. The summed E-state index contributed by atoms with van der Waals surface area (Å²) in [5, 5.41) is 7.76. The van der Waals surface area contributed by atoms with Crippen LogP contribution in [0.3, 0.4) is 0 Å². The number of fused-ring (bicyclic) bond motifs is 1. The van der Waals surface area contributed by atoms with Crippen LogP contribution in [0.4, 0.5) is 17.6 Å². The van der Waals surface area contributed by atoms with Crippen molar-refractivity contribution in [2.45, 2.75) is 44.9 Å². The standard InChI is InChI=1S/C25H29F4N3O2/c1-15-2-3-19(26)10-21(15)24-22(25(27,28)29)11-23(30-31-24)34-20-8-17-13-32(14-18(17)9-20)12-16-4-6-33-7-5-16/h2-3,10-11,16-18,20H,4-9,12-14H2,1H3/t17-,18+,20?. The maximum Gasteiger partial charge on any atom is 0.418 e.